The number of hydrogen-bond acceptors (Lipinski definition) is 2. The van der Waals surface area contributed by atoms with Crippen molar-refractivity contribution in [3.05, 3.63) is 53.7 Å². The lowest BCUT2D eigenvalue weighted by molar-refractivity contribution is 0.721. The number of fused-ring (bicyclic) bond motifs is 1. The van der Waals surface area contributed by atoms with Crippen molar-refractivity contribution < 1.29 is 0 Å². The zero-order chi connectivity index (χ0) is 11.7. The van der Waals surface area contributed by atoms with Gasteiger partial charge in [0.15, 0.2) is 0 Å². The molecule has 85 valence electrons. The molecule has 1 aliphatic heterocycles. The number of benzene rings is 1. The topological polar surface area (TPSA) is 39.9 Å². The Morgan fingerprint density at radius 2 is 1.94 bits per heavy atom. The van der Waals surface area contributed by atoms with Gasteiger partial charge in [0.05, 0.1) is 5.69 Å². The van der Waals surface area contributed by atoms with E-state index in [1.165, 1.54) is 11.1 Å². The predicted octanol–water partition coefficient (Wildman–Crippen LogP) is 2.56. The largest absolute Gasteiger partial charge is 0.352 e. The number of rotatable bonds is 1. The van der Waals surface area contributed by atoms with Gasteiger partial charge in [0.25, 0.3) is 0 Å². The van der Waals surface area contributed by atoms with Crippen LogP contribution in [0.5, 0.6) is 0 Å². The molecule has 3 nitrogen and oxygen atoms in total. The Labute approximate surface area is 101 Å². The molecule has 0 saturated heterocycles. The zero-order valence-corrected chi connectivity index (χ0v) is 9.56. The summed E-state index contributed by atoms with van der Waals surface area (Å²) in [5, 5.41) is 0. The Kier molecular flexibility index (Phi) is 2.44. The number of aromatic nitrogens is 1. The SMILES string of the molecule is [NH]c1ccnc(N2CCc3ccccc3C2)c1. The van der Waals surface area contributed by atoms with Crippen molar-refractivity contribution in [1.82, 2.24) is 10.7 Å². The van der Waals surface area contributed by atoms with Crippen molar-refractivity contribution in [2.45, 2.75) is 13.0 Å². The number of hydrogen-bond donors (Lipinski definition) is 0. The minimum Gasteiger partial charge on any atom is -0.352 e. The van der Waals surface area contributed by atoms with Gasteiger partial charge in [0, 0.05) is 25.4 Å². The van der Waals surface area contributed by atoms with Crippen LogP contribution in [-0.2, 0) is 13.0 Å². The molecule has 2 aromatic rings. The lowest BCUT2D eigenvalue weighted by Crippen LogP contribution is -2.30. The zero-order valence-electron chi connectivity index (χ0n) is 9.56. The second-order valence-corrected chi connectivity index (χ2v) is 4.34. The highest BCUT2D eigenvalue weighted by Gasteiger charge is 2.16. The minimum atomic E-state index is 0.522. The molecular weight excluding hydrogens is 210 g/mol. The van der Waals surface area contributed by atoms with E-state index in [1.807, 2.05) is 6.07 Å². The molecule has 1 radical (unpaired) electrons. The summed E-state index contributed by atoms with van der Waals surface area (Å²) in [6, 6.07) is 12.1. The van der Waals surface area contributed by atoms with E-state index in [-0.39, 0.29) is 0 Å². The van der Waals surface area contributed by atoms with Crippen LogP contribution in [0.25, 0.3) is 0 Å². The highest BCUT2D eigenvalue weighted by Crippen LogP contribution is 2.23. The Morgan fingerprint density at radius 3 is 2.76 bits per heavy atom. The number of nitrogens with zero attached hydrogens (tertiary/aromatic N) is 2. The van der Waals surface area contributed by atoms with Gasteiger partial charge in [-0.2, -0.15) is 0 Å². The molecular formula is C14H14N3. The van der Waals surface area contributed by atoms with Crippen molar-refractivity contribution in [3.63, 3.8) is 0 Å². The van der Waals surface area contributed by atoms with Crippen molar-refractivity contribution >= 4 is 11.5 Å². The molecule has 0 spiro atoms. The summed E-state index contributed by atoms with van der Waals surface area (Å²) < 4.78 is 0. The maximum Gasteiger partial charge on any atom is 0.130 e. The van der Waals surface area contributed by atoms with E-state index in [9.17, 15) is 0 Å². The van der Waals surface area contributed by atoms with Crippen molar-refractivity contribution in [2.75, 3.05) is 11.4 Å². The molecule has 0 bridgehead atoms. The number of nitrogens with one attached hydrogen (secondary N) is 1. The van der Waals surface area contributed by atoms with E-state index < -0.39 is 0 Å². The fourth-order valence-corrected chi connectivity index (χ4v) is 2.28. The first-order valence-electron chi connectivity index (χ1n) is 5.82. The van der Waals surface area contributed by atoms with Crippen LogP contribution in [0.2, 0.25) is 0 Å². The summed E-state index contributed by atoms with van der Waals surface area (Å²) in [7, 11) is 0. The van der Waals surface area contributed by atoms with Gasteiger partial charge in [-0.05, 0) is 23.6 Å². The monoisotopic (exact) mass is 224 g/mol. The maximum absolute atomic E-state index is 7.63. The molecule has 1 aromatic heterocycles. The second-order valence-electron chi connectivity index (χ2n) is 4.34. The summed E-state index contributed by atoms with van der Waals surface area (Å²) in [5.74, 6) is 0.909. The molecule has 1 aromatic carbocycles. The van der Waals surface area contributed by atoms with Crippen LogP contribution in [0.1, 0.15) is 11.1 Å². The first-order chi connectivity index (χ1) is 8.33. The van der Waals surface area contributed by atoms with E-state index >= 15 is 0 Å². The minimum absolute atomic E-state index is 0.522. The van der Waals surface area contributed by atoms with Crippen LogP contribution < -0.4 is 10.6 Å². The summed E-state index contributed by atoms with van der Waals surface area (Å²) >= 11 is 0. The Bertz CT molecular complexity index is 536. The van der Waals surface area contributed by atoms with E-state index in [4.69, 9.17) is 5.73 Å². The van der Waals surface area contributed by atoms with Crippen LogP contribution in [0.15, 0.2) is 42.6 Å². The second kappa shape index (κ2) is 4.09. The van der Waals surface area contributed by atoms with E-state index in [1.54, 1.807) is 12.3 Å². The average molecular weight is 224 g/mol. The lowest BCUT2D eigenvalue weighted by atomic mass is 10.00. The van der Waals surface area contributed by atoms with Crippen LogP contribution in [0, 0.1) is 0 Å². The Hall–Kier alpha value is -2.03. The Balaban J connectivity index is 1.89. The summed E-state index contributed by atoms with van der Waals surface area (Å²) in [4.78, 5) is 6.58. The third-order valence-electron chi connectivity index (χ3n) is 3.20. The lowest BCUT2D eigenvalue weighted by Gasteiger charge is -2.29. The normalized spacial score (nSPS) is 14.5. The summed E-state index contributed by atoms with van der Waals surface area (Å²) in [6.45, 7) is 1.88. The first-order valence-corrected chi connectivity index (χ1v) is 5.82. The molecule has 0 aliphatic carbocycles. The number of anilines is 1. The molecule has 1 aliphatic rings. The van der Waals surface area contributed by atoms with E-state index in [0.29, 0.717) is 5.69 Å². The van der Waals surface area contributed by atoms with Gasteiger partial charge in [-0.15, -0.1) is 0 Å². The summed E-state index contributed by atoms with van der Waals surface area (Å²) in [6.07, 6.45) is 2.76. The molecule has 0 unspecified atom stereocenters. The third kappa shape index (κ3) is 1.96. The van der Waals surface area contributed by atoms with Gasteiger partial charge in [-0.3, -0.25) is 0 Å². The van der Waals surface area contributed by atoms with Gasteiger partial charge in [-0.25, -0.2) is 4.98 Å². The fourth-order valence-electron chi connectivity index (χ4n) is 2.28. The molecule has 2 heterocycles. The first kappa shape index (κ1) is 10.1. The maximum atomic E-state index is 7.63. The smallest absolute Gasteiger partial charge is 0.130 e. The molecule has 3 rings (SSSR count). The molecule has 0 atom stereocenters. The molecule has 17 heavy (non-hydrogen) atoms. The standard InChI is InChI=1S/C14H14N3/c15-13-5-7-16-14(9-13)17-8-6-11-3-1-2-4-12(11)10-17/h1-5,7,9,15H,6,8,10H2. The van der Waals surface area contributed by atoms with Gasteiger partial charge >= 0.3 is 0 Å². The third-order valence-corrected chi connectivity index (χ3v) is 3.20. The van der Waals surface area contributed by atoms with Crippen LogP contribution >= 0.6 is 0 Å². The predicted molar refractivity (Wildman–Crippen MR) is 68.2 cm³/mol. The van der Waals surface area contributed by atoms with Gasteiger partial charge in [-0.1, -0.05) is 24.3 Å². The van der Waals surface area contributed by atoms with E-state index in [2.05, 4.69) is 34.1 Å². The van der Waals surface area contributed by atoms with Crippen molar-refractivity contribution in [3.8, 4) is 0 Å². The molecule has 3 heteroatoms. The quantitative estimate of drug-likeness (QED) is 0.746. The highest BCUT2D eigenvalue weighted by molar-refractivity contribution is 5.50. The molecule has 0 amide bonds. The van der Waals surface area contributed by atoms with Crippen LogP contribution in [0.3, 0.4) is 0 Å². The molecule has 1 N–H and O–H groups in total. The summed E-state index contributed by atoms with van der Waals surface area (Å²) in [5.41, 5.74) is 11.0. The van der Waals surface area contributed by atoms with Crippen LogP contribution in [0.4, 0.5) is 11.5 Å². The molecule has 0 saturated carbocycles. The van der Waals surface area contributed by atoms with Crippen molar-refractivity contribution in [1.29, 1.82) is 0 Å². The fraction of sp³-hybridized carbons (Fsp3) is 0.214. The average Bonchev–Trinajstić information content (AvgIpc) is 2.38. The molecule has 0 fully saturated rings. The van der Waals surface area contributed by atoms with Crippen LogP contribution in [-0.4, -0.2) is 11.5 Å². The van der Waals surface area contributed by atoms with Crippen molar-refractivity contribution in [2.24, 2.45) is 0 Å². The van der Waals surface area contributed by atoms with E-state index in [0.717, 1.165) is 25.3 Å². The van der Waals surface area contributed by atoms with Gasteiger partial charge in [0.2, 0.25) is 0 Å². The highest BCUT2D eigenvalue weighted by atomic mass is 15.2. The Morgan fingerprint density at radius 1 is 1.12 bits per heavy atom. The number of pyridine rings is 1. The van der Waals surface area contributed by atoms with Gasteiger partial charge in [0.1, 0.15) is 5.82 Å². The van der Waals surface area contributed by atoms with Gasteiger partial charge < -0.3 is 10.6 Å².